The minimum Gasteiger partial charge on any atom is -0.312 e. The van der Waals surface area contributed by atoms with Crippen LogP contribution in [0.15, 0.2) is 46.4 Å². The van der Waals surface area contributed by atoms with Gasteiger partial charge in [-0.3, -0.25) is 4.98 Å². The molecule has 0 N–H and O–H groups in total. The number of hydrogen-bond acceptors (Lipinski definition) is 5. The normalized spacial score (nSPS) is 11.3. The van der Waals surface area contributed by atoms with Crippen LogP contribution in [0.1, 0.15) is 22.5 Å². The number of alkyl halides is 3. The fourth-order valence-electron chi connectivity index (χ4n) is 2.31. The van der Waals surface area contributed by atoms with Crippen molar-refractivity contribution < 1.29 is 13.2 Å². The zero-order valence-corrected chi connectivity index (χ0v) is 16.4. The Morgan fingerprint density at radius 3 is 2.37 bits per heavy atom. The summed E-state index contributed by atoms with van der Waals surface area (Å²) in [6.45, 7) is 2.10. The molecule has 138 valence electrons. The molecule has 0 fully saturated rings. The average molecular weight is 453 g/mol. The van der Waals surface area contributed by atoms with Crippen LogP contribution < -0.4 is 4.90 Å². The summed E-state index contributed by atoms with van der Waals surface area (Å²) in [4.78, 5) is 10.3. The van der Waals surface area contributed by atoms with E-state index in [4.69, 9.17) is 5.26 Å². The van der Waals surface area contributed by atoms with Gasteiger partial charge in [0, 0.05) is 11.9 Å². The lowest BCUT2D eigenvalue weighted by Crippen LogP contribution is -2.17. The van der Waals surface area contributed by atoms with Crippen molar-refractivity contribution in [1.82, 2.24) is 9.97 Å². The molecule has 0 bridgehead atoms. The zero-order chi connectivity index (χ0) is 19.6. The maximum absolute atomic E-state index is 12.7. The summed E-state index contributed by atoms with van der Waals surface area (Å²) in [6.07, 6.45) is -3.59. The highest BCUT2D eigenvalue weighted by atomic mass is 79.9. The van der Waals surface area contributed by atoms with Gasteiger partial charge in [-0.2, -0.15) is 18.4 Å². The summed E-state index contributed by atoms with van der Waals surface area (Å²) in [5.41, 5.74) is 1.77. The Labute approximate surface area is 166 Å². The lowest BCUT2D eigenvalue weighted by atomic mass is 10.2. The molecule has 0 spiro atoms. The number of anilines is 2. The summed E-state index contributed by atoms with van der Waals surface area (Å²) in [7, 11) is 0. The number of nitriles is 1. The van der Waals surface area contributed by atoms with E-state index in [0.29, 0.717) is 16.4 Å². The van der Waals surface area contributed by atoms with E-state index in [-0.39, 0.29) is 6.54 Å². The molecule has 0 unspecified atom stereocenters. The molecule has 0 aliphatic carbocycles. The molecular formula is C18H12BrF3N4S. The number of pyridine rings is 1. The molecule has 27 heavy (non-hydrogen) atoms. The van der Waals surface area contributed by atoms with Gasteiger partial charge in [0.1, 0.15) is 0 Å². The Balaban J connectivity index is 1.95. The van der Waals surface area contributed by atoms with Crippen molar-refractivity contribution >= 4 is 38.1 Å². The molecule has 4 nitrogen and oxygen atoms in total. The molecule has 0 radical (unpaired) electrons. The Kier molecular flexibility index (Phi) is 5.48. The smallest absolute Gasteiger partial charge is 0.312 e. The molecule has 2 aromatic heterocycles. The largest absolute Gasteiger partial charge is 0.417 e. The van der Waals surface area contributed by atoms with Crippen LogP contribution in [0.2, 0.25) is 0 Å². The van der Waals surface area contributed by atoms with Crippen LogP contribution in [0, 0.1) is 18.3 Å². The monoisotopic (exact) mass is 452 g/mol. The van der Waals surface area contributed by atoms with E-state index in [9.17, 15) is 13.2 Å². The first-order valence-electron chi connectivity index (χ1n) is 7.70. The Bertz CT molecular complexity index is 956. The van der Waals surface area contributed by atoms with Crippen molar-refractivity contribution in [2.75, 3.05) is 4.90 Å². The third kappa shape index (κ3) is 4.46. The summed E-state index contributed by atoms with van der Waals surface area (Å²) in [5.74, 6) is 0. The number of benzene rings is 1. The summed E-state index contributed by atoms with van der Waals surface area (Å²) < 4.78 is 39.1. The molecular weight excluding hydrogens is 441 g/mol. The summed E-state index contributed by atoms with van der Waals surface area (Å²) in [6, 6.07) is 11.3. The topological polar surface area (TPSA) is 52.8 Å². The highest BCUT2D eigenvalue weighted by molar-refractivity contribution is 9.11. The average Bonchev–Trinajstić information content (AvgIpc) is 2.98. The second-order valence-electron chi connectivity index (χ2n) is 5.64. The first kappa shape index (κ1) is 19.3. The Hall–Kier alpha value is -2.44. The van der Waals surface area contributed by atoms with Crippen molar-refractivity contribution in [2.24, 2.45) is 0 Å². The molecule has 0 saturated heterocycles. The predicted molar refractivity (Wildman–Crippen MR) is 101 cm³/mol. The van der Waals surface area contributed by atoms with Gasteiger partial charge in [0.2, 0.25) is 0 Å². The first-order valence-corrected chi connectivity index (χ1v) is 9.31. The molecule has 1 aromatic carbocycles. The molecule has 3 rings (SSSR count). The van der Waals surface area contributed by atoms with Crippen molar-refractivity contribution in [3.63, 3.8) is 0 Å². The Morgan fingerprint density at radius 1 is 1.19 bits per heavy atom. The van der Waals surface area contributed by atoms with Gasteiger partial charge in [-0.05, 0) is 59.3 Å². The molecule has 0 amide bonds. The van der Waals surface area contributed by atoms with E-state index >= 15 is 0 Å². The van der Waals surface area contributed by atoms with E-state index in [1.165, 1.54) is 17.4 Å². The molecule has 0 aliphatic rings. The number of nitrogens with zero attached hydrogens (tertiary/aromatic N) is 4. The standard InChI is InChI=1S/C18H12BrF3N4S/c1-11-16(19)27-17(25-11)26(15-6-2-12(8-23)3-7-15)10-14-5-4-13(9-24-14)18(20,21)22/h2-7,9H,10H2,1H3. The van der Waals surface area contributed by atoms with E-state index in [1.54, 1.807) is 24.3 Å². The maximum atomic E-state index is 12.7. The third-order valence-corrected chi connectivity index (χ3v) is 5.77. The predicted octanol–water partition coefficient (Wildman–Crippen LogP) is 5.84. The SMILES string of the molecule is Cc1nc(N(Cc2ccc(C(F)(F)F)cn2)c2ccc(C#N)cc2)sc1Br. The number of aryl methyl sites for hydroxylation is 1. The molecule has 0 saturated carbocycles. The Morgan fingerprint density at radius 2 is 1.89 bits per heavy atom. The second kappa shape index (κ2) is 7.66. The second-order valence-corrected chi connectivity index (χ2v) is 7.93. The van der Waals surface area contributed by atoms with Gasteiger partial charge < -0.3 is 4.90 Å². The van der Waals surface area contributed by atoms with Crippen LogP contribution in [-0.2, 0) is 12.7 Å². The van der Waals surface area contributed by atoms with E-state index < -0.39 is 11.7 Å². The first-order chi connectivity index (χ1) is 12.8. The quantitative estimate of drug-likeness (QED) is 0.498. The van der Waals surface area contributed by atoms with Gasteiger partial charge in [0.15, 0.2) is 5.13 Å². The lowest BCUT2D eigenvalue weighted by molar-refractivity contribution is -0.137. The van der Waals surface area contributed by atoms with E-state index in [1.807, 2.05) is 11.8 Å². The maximum Gasteiger partial charge on any atom is 0.417 e. The third-order valence-electron chi connectivity index (χ3n) is 3.74. The number of halogens is 4. The van der Waals surface area contributed by atoms with Crippen molar-refractivity contribution in [1.29, 1.82) is 5.26 Å². The fraction of sp³-hybridized carbons (Fsp3) is 0.167. The van der Waals surface area contributed by atoms with Crippen LogP contribution in [0.4, 0.5) is 24.0 Å². The minimum absolute atomic E-state index is 0.240. The van der Waals surface area contributed by atoms with E-state index in [2.05, 4.69) is 32.0 Å². The van der Waals surface area contributed by atoms with E-state index in [0.717, 1.165) is 27.4 Å². The van der Waals surface area contributed by atoms with Gasteiger partial charge in [0.05, 0.1) is 38.9 Å². The summed E-state index contributed by atoms with van der Waals surface area (Å²) in [5, 5.41) is 9.64. The molecule has 2 heterocycles. The van der Waals surface area contributed by atoms with Crippen molar-refractivity contribution in [3.05, 3.63) is 68.9 Å². The van der Waals surface area contributed by atoms with Gasteiger partial charge >= 0.3 is 6.18 Å². The molecule has 3 aromatic rings. The van der Waals surface area contributed by atoms with Gasteiger partial charge in [-0.15, -0.1) is 0 Å². The lowest BCUT2D eigenvalue weighted by Gasteiger charge is -2.22. The van der Waals surface area contributed by atoms with Crippen molar-refractivity contribution in [2.45, 2.75) is 19.6 Å². The van der Waals surface area contributed by atoms with Crippen LogP contribution in [0.25, 0.3) is 0 Å². The summed E-state index contributed by atoms with van der Waals surface area (Å²) >= 11 is 4.85. The number of hydrogen-bond donors (Lipinski definition) is 0. The van der Waals surface area contributed by atoms with Gasteiger partial charge in [0.25, 0.3) is 0 Å². The number of aromatic nitrogens is 2. The van der Waals surface area contributed by atoms with Crippen LogP contribution in [0.5, 0.6) is 0 Å². The highest BCUT2D eigenvalue weighted by Crippen LogP contribution is 2.36. The zero-order valence-electron chi connectivity index (χ0n) is 14.0. The molecule has 9 heteroatoms. The molecule has 0 atom stereocenters. The van der Waals surface area contributed by atoms with Crippen LogP contribution in [-0.4, -0.2) is 9.97 Å². The van der Waals surface area contributed by atoms with Gasteiger partial charge in [-0.1, -0.05) is 11.3 Å². The van der Waals surface area contributed by atoms with Gasteiger partial charge in [-0.25, -0.2) is 4.98 Å². The minimum atomic E-state index is -4.42. The fourth-order valence-corrected chi connectivity index (χ4v) is 3.65. The number of rotatable bonds is 4. The van der Waals surface area contributed by atoms with Crippen LogP contribution in [0.3, 0.4) is 0 Å². The molecule has 0 aliphatic heterocycles. The van der Waals surface area contributed by atoms with Crippen LogP contribution >= 0.6 is 27.3 Å². The number of thiazole rings is 1. The van der Waals surface area contributed by atoms with Crippen molar-refractivity contribution in [3.8, 4) is 6.07 Å². The highest BCUT2D eigenvalue weighted by Gasteiger charge is 2.30.